The van der Waals surface area contributed by atoms with Crippen LogP contribution in [0.1, 0.15) is 11.7 Å². The summed E-state index contributed by atoms with van der Waals surface area (Å²) in [6, 6.07) is 4.30. The maximum absolute atomic E-state index is 13.3. The summed E-state index contributed by atoms with van der Waals surface area (Å²) in [4.78, 5) is 0. The molecule has 0 amide bonds. The molecule has 1 aromatic rings. The minimum atomic E-state index is -3.46. The van der Waals surface area contributed by atoms with E-state index in [0.29, 0.717) is 25.3 Å². The second-order valence-corrected chi connectivity index (χ2v) is 8.29. The Hall–Kier alpha value is -0.770. The summed E-state index contributed by atoms with van der Waals surface area (Å²) >= 11 is 5.80. The molecule has 2 unspecified atom stereocenters. The molecule has 1 aromatic carbocycles. The first kappa shape index (κ1) is 18.0. The molecule has 0 radical (unpaired) electrons. The summed E-state index contributed by atoms with van der Waals surface area (Å²) in [5, 5.41) is 3.12. The predicted octanol–water partition coefficient (Wildman–Crippen LogP) is 1.17. The van der Waals surface area contributed by atoms with E-state index < -0.39 is 21.9 Å². The van der Waals surface area contributed by atoms with Crippen LogP contribution in [0.4, 0.5) is 4.39 Å². The van der Waals surface area contributed by atoms with Gasteiger partial charge in [0.25, 0.3) is 0 Å². The van der Waals surface area contributed by atoms with Gasteiger partial charge in [0.2, 0.25) is 10.0 Å². The number of nitrogens with zero attached hydrogens (tertiary/aromatic N) is 1. The zero-order valence-corrected chi connectivity index (χ0v) is 14.7. The molecule has 2 aliphatic heterocycles. The quantitative estimate of drug-likeness (QED) is 0.851. The highest BCUT2D eigenvalue weighted by molar-refractivity contribution is 7.89. The van der Waals surface area contributed by atoms with Gasteiger partial charge in [-0.25, -0.2) is 12.8 Å². The Bertz CT molecular complexity index is 682. The molecular weight excluding hydrogens is 359 g/mol. The van der Waals surface area contributed by atoms with E-state index in [9.17, 15) is 12.8 Å². The first-order valence-electron chi connectivity index (χ1n) is 7.82. The van der Waals surface area contributed by atoms with Gasteiger partial charge in [0.05, 0.1) is 36.2 Å². The first-order valence-corrected chi connectivity index (χ1v) is 9.81. The summed E-state index contributed by atoms with van der Waals surface area (Å²) in [7, 11) is -3.46. The van der Waals surface area contributed by atoms with E-state index in [4.69, 9.17) is 21.1 Å². The van der Waals surface area contributed by atoms with Gasteiger partial charge in [0, 0.05) is 26.2 Å². The largest absolute Gasteiger partial charge is 0.374 e. The van der Waals surface area contributed by atoms with Crippen LogP contribution in [0.2, 0.25) is 5.02 Å². The van der Waals surface area contributed by atoms with Crippen molar-refractivity contribution in [3.63, 3.8) is 0 Å². The molecule has 0 aliphatic carbocycles. The number of hydrogen-bond acceptors (Lipinski definition) is 5. The molecule has 2 fully saturated rings. The topological polar surface area (TPSA) is 67.9 Å². The lowest BCUT2D eigenvalue weighted by Crippen LogP contribution is -2.48. The normalized spacial score (nSPS) is 26.4. The average Bonchev–Trinajstić information content (AvgIpc) is 2.58. The van der Waals surface area contributed by atoms with E-state index >= 15 is 0 Å². The van der Waals surface area contributed by atoms with Crippen molar-refractivity contribution in [3.05, 3.63) is 34.6 Å². The standard InChI is InChI=1S/C15H20ClFN2O4S/c16-13-7-11(1-2-14(13)17)15-9-19(4-6-23-15)24(20,21)10-12-8-18-3-5-22-12/h1-2,7,12,15,18H,3-6,8-10H2. The third-order valence-electron chi connectivity index (χ3n) is 4.14. The van der Waals surface area contributed by atoms with Crippen LogP contribution in [0.3, 0.4) is 0 Å². The highest BCUT2D eigenvalue weighted by Crippen LogP contribution is 2.27. The zero-order chi connectivity index (χ0) is 17.2. The smallest absolute Gasteiger partial charge is 0.216 e. The van der Waals surface area contributed by atoms with E-state index in [2.05, 4.69) is 5.32 Å². The summed E-state index contributed by atoms with van der Waals surface area (Å²) in [5.41, 5.74) is 0.664. The van der Waals surface area contributed by atoms with Crippen molar-refractivity contribution in [2.24, 2.45) is 0 Å². The maximum Gasteiger partial charge on any atom is 0.216 e. The second kappa shape index (κ2) is 7.63. The van der Waals surface area contributed by atoms with Gasteiger partial charge >= 0.3 is 0 Å². The molecule has 0 spiro atoms. The Labute approximate surface area is 145 Å². The van der Waals surface area contributed by atoms with Crippen molar-refractivity contribution in [3.8, 4) is 0 Å². The molecule has 2 saturated heterocycles. The lowest BCUT2D eigenvalue weighted by molar-refractivity contribution is -0.00377. The summed E-state index contributed by atoms with van der Waals surface area (Å²) in [6.07, 6.45) is -0.803. The van der Waals surface area contributed by atoms with Gasteiger partial charge in [-0.2, -0.15) is 4.31 Å². The molecule has 1 N–H and O–H groups in total. The highest BCUT2D eigenvalue weighted by Gasteiger charge is 2.33. The summed E-state index contributed by atoms with van der Waals surface area (Å²) in [5.74, 6) is -0.570. The monoisotopic (exact) mass is 378 g/mol. The van der Waals surface area contributed by atoms with Gasteiger partial charge < -0.3 is 14.8 Å². The molecule has 2 aliphatic rings. The molecule has 0 saturated carbocycles. The highest BCUT2D eigenvalue weighted by atomic mass is 35.5. The Morgan fingerprint density at radius 1 is 1.33 bits per heavy atom. The molecular formula is C15H20ClFN2O4S. The summed E-state index contributed by atoms with van der Waals surface area (Å²) < 4.78 is 51.1. The molecule has 6 nitrogen and oxygen atoms in total. The Morgan fingerprint density at radius 2 is 2.17 bits per heavy atom. The van der Waals surface area contributed by atoms with Crippen molar-refractivity contribution in [1.82, 2.24) is 9.62 Å². The van der Waals surface area contributed by atoms with Crippen LogP contribution in [-0.4, -0.2) is 64.0 Å². The van der Waals surface area contributed by atoms with Crippen molar-refractivity contribution >= 4 is 21.6 Å². The van der Waals surface area contributed by atoms with Crippen molar-refractivity contribution < 1.29 is 22.3 Å². The second-order valence-electron chi connectivity index (χ2n) is 5.87. The minimum absolute atomic E-state index is 0.00207. The lowest BCUT2D eigenvalue weighted by atomic mass is 10.1. The van der Waals surface area contributed by atoms with Crippen LogP contribution in [0.25, 0.3) is 0 Å². The fraction of sp³-hybridized carbons (Fsp3) is 0.600. The van der Waals surface area contributed by atoms with Crippen LogP contribution in [0.5, 0.6) is 0 Å². The molecule has 134 valence electrons. The molecule has 9 heteroatoms. The van der Waals surface area contributed by atoms with E-state index in [1.165, 1.54) is 16.4 Å². The number of rotatable bonds is 4. The van der Waals surface area contributed by atoms with Crippen molar-refractivity contribution in [2.45, 2.75) is 12.2 Å². The first-order chi connectivity index (χ1) is 11.5. The third kappa shape index (κ3) is 4.25. The van der Waals surface area contributed by atoms with Gasteiger partial charge in [-0.05, 0) is 17.7 Å². The zero-order valence-electron chi connectivity index (χ0n) is 13.1. The van der Waals surface area contributed by atoms with E-state index in [1.807, 2.05) is 0 Å². The van der Waals surface area contributed by atoms with Crippen LogP contribution in [0, 0.1) is 5.82 Å². The Kier molecular flexibility index (Phi) is 5.74. The fourth-order valence-corrected chi connectivity index (χ4v) is 4.66. The van der Waals surface area contributed by atoms with Crippen LogP contribution in [-0.2, 0) is 19.5 Å². The summed E-state index contributed by atoms with van der Waals surface area (Å²) in [6.45, 7) is 2.54. The van der Waals surface area contributed by atoms with Crippen LogP contribution < -0.4 is 5.32 Å². The van der Waals surface area contributed by atoms with Crippen molar-refractivity contribution in [2.75, 3.05) is 45.1 Å². The molecule has 2 atom stereocenters. The molecule has 3 rings (SSSR count). The number of halogens is 2. The number of sulfonamides is 1. The SMILES string of the molecule is O=S(=O)(CC1CNCCO1)N1CCOC(c2ccc(F)c(Cl)c2)C1. The average molecular weight is 379 g/mol. The number of ether oxygens (including phenoxy) is 2. The number of nitrogens with one attached hydrogen (secondary N) is 1. The molecule has 2 heterocycles. The molecule has 24 heavy (non-hydrogen) atoms. The third-order valence-corrected chi connectivity index (χ3v) is 6.34. The van der Waals surface area contributed by atoms with Crippen LogP contribution >= 0.6 is 11.6 Å². The lowest BCUT2D eigenvalue weighted by Gasteiger charge is -2.34. The van der Waals surface area contributed by atoms with Gasteiger partial charge in [0.1, 0.15) is 5.82 Å². The van der Waals surface area contributed by atoms with Gasteiger partial charge in [0.15, 0.2) is 0 Å². The predicted molar refractivity (Wildman–Crippen MR) is 88.1 cm³/mol. The van der Waals surface area contributed by atoms with Crippen LogP contribution in [0.15, 0.2) is 18.2 Å². The molecule has 0 aromatic heterocycles. The fourth-order valence-electron chi connectivity index (χ4n) is 2.86. The number of morpholine rings is 2. The van der Waals surface area contributed by atoms with E-state index in [-0.39, 0.29) is 30.0 Å². The van der Waals surface area contributed by atoms with Gasteiger partial charge in [-0.1, -0.05) is 17.7 Å². The maximum atomic E-state index is 13.3. The Morgan fingerprint density at radius 3 is 2.88 bits per heavy atom. The van der Waals surface area contributed by atoms with Gasteiger partial charge in [-0.3, -0.25) is 0 Å². The Balaban J connectivity index is 1.68. The minimum Gasteiger partial charge on any atom is -0.374 e. The van der Waals surface area contributed by atoms with Crippen molar-refractivity contribution in [1.29, 1.82) is 0 Å². The van der Waals surface area contributed by atoms with E-state index in [0.717, 1.165) is 6.54 Å². The number of hydrogen-bond donors (Lipinski definition) is 1. The number of benzene rings is 1. The van der Waals surface area contributed by atoms with E-state index in [1.54, 1.807) is 6.07 Å². The van der Waals surface area contributed by atoms with Gasteiger partial charge in [-0.15, -0.1) is 0 Å². The molecule has 0 bridgehead atoms.